The average molecular weight is 280 g/mol. The van der Waals surface area contributed by atoms with E-state index >= 15 is 0 Å². The first-order chi connectivity index (χ1) is 9.69. The molecule has 0 aliphatic heterocycles. The molecule has 1 aromatic rings. The topological polar surface area (TPSA) is 64.8 Å². The maximum atomic E-state index is 11.2. The number of benzene rings is 1. The first-order valence-corrected chi connectivity index (χ1v) is 6.90. The molecule has 0 unspecified atom stereocenters. The van der Waals surface area contributed by atoms with Crippen molar-refractivity contribution in [3.05, 3.63) is 29.8 Å². The van der Waals surface area contributed by atoms with Crippen LogP contribution in [0.5, 0.6) is 5.75 Å². The molecule has 0 fully saturated rings. The van der Waals surface area contributed by atoms with E-state index in [2.05, 4.69) is 4.74 Å². The zero-order chi connectivity index (χ0) is 14.8. The van der Waals surface area contributed by atoms with Gasteiger partial charge >= 0.3 is 5.97 Å². The van der Waals surface area contributed by atoms with Crippen LogP contribution in [-0.2, 0) is 16.1 Å². The van der Waals surface area contributed by atoms with Crippen molar-refractivity contribution in [2.75, 3.05) is 33.4 Å². The van der Waals surface area contributed by atoms with Crippen molar-refractivity contribution in [3.63, 3.8) is 0 Å². The van der Waals surface area contributed by atoms with Gasteiger partial charge in [0.25, 0.3) is 0 Å². The fourth-order valence-electron chi connectivity index (χ4n) is 1.80. The number of carbonyl (C=O) groups excluding carboxylic acids is 1. The lowest BCUT2D eigenvalue weighted by Gasteiger charge is -2.18. The van der Waals surface area contributed by atoms with Gasteiger partial charge in [0.2, 0.25) is 0 Å². The number of methoxy groups -OCH3 is 1. The Morgan fingerprint density at radius 1 is 1.30 bits per heavy atom. The molecule has 0 spiro atoms. The summed E-state index contributed by atoms with van der Waals surface area (Å²) >= 11 is 0. The fraction of sp³-hybridized carbons (Fsp3) is 0.533. The number of carbonyl (C=O) groups is 1. The van der Waals surface area contributed by atoms with E-state index in [1.807, 2.05) is 36.1 Å². The molecular formula is C15H24N2O3. The van der Waals surface area contributed by atoms with Gasteiger partial charge in [-0.25, -0.2) is 0 Å². The van der Waals surface area contributed by atoms with Gasteiger partial charge in [-0.15, -0.1) is 0 Å². The molecule has 5 nitrogen and oxygen atoms in total. The Bertz CT molecular complexity index is 393. The second kappa shape index (κ2) is 9.34. The van der Waals surface area contributed by atoms with Gasteiger partial charge in [0, 0.05) is 13.1 Å². The number of nitrogens with zero attached hydrogens (tertiary/aromatic N) is 1. The molecule has 1 rings (SSSR count). The van der Waals surface area contributed by atoms with E-state index in [4.69, 9.17) is 10.5 Å². The van der Waals surface area contributed by atoms with Crippen molar-refractivity contribution < 1.29 is 14.3 Å². The second-order valence-corrected chi connectivity index (χ2v) is 4.49. The summed E-state index contributed by atoms with van der Waals surface area (Å²) in [5.74, 6) is 0.642. The highest BCUT2D eigenvalue weighted by atomic mass is 16.5. The minimum atomic E-state index is -0.204. The molecule has 1 aromatic carbocycles. The Hall–Kier alpha value is -1.59. The number of hydrogen-bond donors (Lipinski definition) is 1. The highest BCUT2D eigenvalue weighted by Gasteiger charge is 2.08. The molecule has 0 radical (unpaired) electrons. The zero-order valence-corrected chi connectivity index (χ0v) is 12.3. The summed E-state index contributed by atoms with van der Waals surface area (Å²) in [5.41, 5.74) is 6.63. The standard InChI is InChI=1S/C15H24N2O3/c1-3-17(12-15(18)19-2)9-4-10-20-14-7-5-13(11-16)6-8-14/h5-8H,3-4,9-12,16H2,1-2H3. The van der Waals surface area contributed by atoms with Crippen LogP contribution in [0, 0.1) is 0 Å². The fourth-order valence-corrected chi connectivity index (χ4v) is 1.80. The molecule has 20 heavy (non-hydrogen) atoms. The third-order valence-electron chi connectivity index (χ3n) is 3.07. The Morgan fingerprint density at radius 3 is 2.55 bits per heavy atom. The smallest absolute Gasteiger partial charge is 0.319 e. The van der Waals surface area contributed by atoms with E-state index in [1.54, 1.807) is 0 Å². The van der Waals surface area contributed by atoms with Crippen LogP contribution < -0.4 is 10.5 Å². The van der Waals surface area contributed by atoms with Crippen molar-refractivity contribution in [2.24, 2.45) is 5.73 Å². The molecular weight excluding hydrogens is 256 g/mol. The summed E-state index contributed by atoms with van der Waals surface area (Å²) in [7, 11) is 1.41. The summed E-state index contributed by atoms with van der Waals surface area (Å²) in [6, 6.07) is 7.78. The predicted octanol–water partition coefficient (Wildman–Crippen LogP) is 1.41. The lowest BCUT2D eigenvalue weighted by molar-refractivity contribution is -0.141. The molecule has 5 heteroatoms. The maximum absolute atomic E-state index is 11.2. The first kappa shape index (κ1) is 16.5. The van der Waals surface area contributed by atoms with Crippen LogP contribution in [0.1, 0.15) is 18.9 Å². The Labute approximate surface area is 120 Å². The minimum absolute atomic E-state index is 0.204. The van der Waals surface area contributed by atoms with Gasteiger partial charge in [-0.1, -0.05) is 19.1 Å². The normalized spacial score (nSPS) is 10.6. The molecule has 0 saturated heterocycles. The van der Waals surface area contributed by atoms with Gasteiger partial charge in [-0.2, -0.15) is 0 Å². The molecule has 0 bridgehead atoms. The van der Waals surface area contributed by atoms with E-state index in [-0.39, 0.29) is 5.97 Å². The van der Waals surface area contributed by atoms with Gasteiger partial charge in [0.1, 0.15) is 5.75 Å². The van der Waals surface area contributed by atoms with E-state index in [1.165, 1.54) is 7.11 Å². The summed E-state index contributed by atoms with van der Waals surface area (Å²) in [6.07, 6.45) is 0.865. The molecule has 2 N–H and O–H groups in total. The zero-order valence-electron chi connectivity index (χ0n) is 12.3. The molecule has 0 aliphatic carbocycles. The number of hydrogen-bond acceptors (Lipinski definition) is 5. The van der Waals surface area contributed by atoms with Crippen molar-refractivity contribution >= 4 is 5.97 Å². The minimum Gasteiger partial charge on any atom is -0.494 e. The Kier molecular flexibility index (Phi) is 7.69. The molecule has 0 amide bonds. The highest BCUT2D eigenvalue weighted by molar-refractivity contribution is 5.71. The molecule has 0 saturated carbocycles. The number of likely N-dealkylation sites (N-methyl/N-ethyl adjacent to an activating group) is 1. The van der Waals surface area contributed by atoms with E-state index in [0.29, 0.717) is 19.7 Å². The van der Waals surface area contributed by atoms with Crippen LogP contribution in [0.4, 0.5) is 0 Å². The monoisotopic (exact) mass is 280 g/mol. The number of esters is 1. The second-order valence-electron chi connectivity index (χ2n) is 4.49. The van der Waals surface area contributed by atoms with E-state index in [0.717, 1.165) is 30.8 Å². The van der Waals surface area contributed by atoms with Crippen LogP contribution in [0.3, 0.4) is 0 Å². The summed E-state index contributed by atoms with van der Waals surface area (Å²) in [6.45, 7) is 5.15. The predicted molar refractivity (Wildman–Crippen MR) is 78.6 cm³/mol. The van der Waals surface area contributed by atoms with Crippen LogP contribution >= 0.6 is 0 Å². The van der Waals surface area contributed by atoms with Crippen LogP contribution in [-0.4, -0.2) is 44.2 Å². The maximum Gasteiger partial charge on any atom is 0.319 e. The summed E-state index contributed by atoms with van der Waals surface area (Å²) < 4.78 is 10.3. The van der Waals surface area contributed by atoms with Gasteiger partial charge in [0.05, 0.1) is 20.3 Å². The Morgan fingerprint density at radius 2 is 2.00 bits per heavy atom. The SMILES string of the molecule is CCN(CCCOc1ccc(CN)cc1)CC(=O)OC. The molecule has 0 aliphatic rings. The highest BCUT2D eigenvalue weighted by Crippen LogP contribution is 2.12. The van der Waals surface area contributed by atoms with E-state index in [9.17, 15) is 4.79 Å². The van der Waals surface area contributed by atoms with Gasteiger partial charge in [-0.3, -0.25) is 9.69 Å². The van der Waals surface area contributed by atoms with Crippen molar-refractivity contribution in [3.8, 4) is 5.75 Å². The third-order valence-corrected chi connectivity index (χ3v) is 3.07. The van der Waals surface area contributed by atoms with Crippen LogP contribution in [0.15, 0.2) is 24.3 Å². The van der Waals surface area contributed by atoms with Gasteiger partial charge < -0.3 is 15.2 Å². The summed E-state index contributed by atoms with van der Waals surface area (Å²) in [4.78, 5) is 13.2. The van der Waals surface area contributed by atoms with Gasteiger partial charge in [-0.05, 0) is 30.7 Å². The van der Waals surface area contributed by atoms with Crippen molar-refractivity contribution in [2.45, 2.75) is 19.9 Å². The summed E-state index contributed by atoms with van der Waals surface area (Å²) in [5, 5.41) is 0. The number of rotatable bonds is 9. The number of ether oxygens (including phenoxy) is 2. The van der Waals surface area contributed by atoms with Crippen molar-refractivity contribution in [1.29, 1.82) is 0 Å². The quantitative estimate of drug-likeness (QED) is 0.547. The average Bonchev–Trinajstić information content (AvgIpc) is 2.50. The van der Waals surface area contributed by atoms with Crippen molar-refractivity contribution in [1.82, 2.24) is 4.90 Å². The molecule has 112 valence electrons. The van der Waals surface area contributed by atoms with Crippen LogP contribution in [0.2, 0.25) is 0 Å². The molecule has 0 heterocycles. The van der Waals surface area contributed by atoms with Gasteiger partial charge in [0.15, 0.2) is 0 Å². The lowest BCUT2D eigenvalue weighted by atomic mass is 10.2. The molecule has 0 atom stereocenters. The van der Waals surface area contributed by atoms with Crippen LogP contribution in [0.25, 0.3) is 0 Å². The third kappa shape index (κ3) is 6.04. The first-order valence-electron chi connectivity index (χ1n) is 6.90. The van der Waals surface area contributed by atoms with E-state index < -0.39 is 0 Å². The molecule has 0 aromatic heterocycles. The lowest BCUT2D eigenvalue weighted by Crippen LogP contribution is -2.32. The number of nitrogens with two attached hydrogens (primary N) is 1. The Balaban J connectivity index is 2.23. The largest absolute Gasteiger partial charge is 0.494 e.